The van der Waals surface area contributed by atoms with Crippen LogP contribution in [0.4, 0.5) is 21.8 Å². The summed E-state index contributed by atoms with van der Waals surface area (Å²) < 4.78 is 19.3. The number of aromatic nitrogens is 2. The van der Waals surface area contributed by atoms with Crippen LogP contribution in [0.15, 0.2) is 37.1 Å². The normalized spacial score (nSPS) is 10.1. The molecule has 0 fully saturated rings. The smallest absolute Gasteiger partial charge is 0.222 e. The van der Waals surface area contributed by atoms with E-state index in [2.05, 4.69) is 21.9 Å². The largest absolute Gasteiger partial charge is 0.487 e. The number of benzene rings is 1. The number of anilines is 3. The van der Waals surface area contributed by atoms with Crippen molar-refractivity contribution in [2.45, 2.75) is 0 Å². The van der Waals surface area contributed by atoms with E-state index in [-0.39, 0.29) is 29.1 Å². The molecule has 0 amide bonds. The number of nitrogens with zero attached hydrogens (tertiary/aromatic N) is 2. The Morgan fingerprint density at radius 3 is 3.05 bits per heavy atom. The van der Waals surface area contributed by atoms with Gasteiger partial charge in [0, 0.05) is 0 Å². The molecule has 0 unspecified atom stereocenters. The van der Waals surface area contributed by atoms with Crippen LogP contribution < -0.4 is 15.8 Å². The number of nitrogens with two attached hydrogens (primary N) is 1. The molecule has 0 bridgehead atoms. The summed E-state index contributed by atoms with van der Waals surface area (Å²) in [5, 5.41) is 2.98. The van der Waals surface area contributed by atoms with E-state index in [4.69, 9.17) is 22.1 Å². The SMILES string of the molecule is C=CCOc1cccc(F)c1Nc1nc(N)ncc1Cl. The van der Waals surface area contributed by atoms with E-state index in [0.717, 1.165) is 0 Å². The molecule has 2 rings (SSSR count). The van der Waals surface area contributed by atoms with Crippen LogP contribution in [0.3, 0.4) is 0 Å². The summed E-state index contributed by atoms with van der Waals surface area (Å²) in [6.45, 7) is 3.79. The van der Waals surface area contributed by atoms with E-state index in [9.17, 15) is 4.39 Å². The summed E-state index contributed by atoms with van der Waals surface area (Å²) in [7, 11) is 0. The average molecular weight is 295 g/mol. The zero-order valence-corrected chi connectivity index (χ0v) is 11.2. The predicted octanol–water partition coefficient (Wildman–Crippen LogP) is 3.16. The molecule has 0 aliphatic heterocycles. The molecule has 5 nitrogen and oxygen atoms in total. The van der Waals surface area contributed by atoms with Gasteiger partial charge in [0.1, 0.15) is 23.1 Å². The van der Waals surface area contributed by atoms with Gasteiger partial charge in [0.15, 0.2) is 11.6 Å². The molecule has 0 aliphatic rings. The van der Waals surface area contributed by atoms with E-state index in [1.54, 1.807) is 12.1 Å². The molecule has 1 heterocycles. The summed E-state index contributed by atoms with van der Waals surface area (Å²) in [6.07, 6.45) is 2.89. The maximum absolute atomic E-state index is 13.9. The standard InChI is InChI=1S/C13H12ClFN4O/c1-2-6-20-10-5-3-4-9(15)11(10)18-12-8(14)7-17-13(16)19-12/h2-5,7H,1,6H2,(H3,16,17,18,19). The second-order valence-electron chi connectivity index (χ2n) is 3.76. The molecule has 1 aromatic heterocycles. The van der Waals surface area contributed by atoms with Gasteiger partial charge in [-0.15, -0.1) is 0 Å². The first-order valence-corrected chi connectivity index (χ1v) is 6.07. The molecule has 0 saturated carbocycles. The van der Waals surface area contributed by atoms with Crippen molar-refractivity contribution >= 4 is 29.1 Å². The Labute approximate surface area is 120 Å². The van der Waals surface area contributed by atoms with Crippen LogP contribution in [0.5, 0.6) is 5.75 Å². The van der Waals surface area contributed by atoms with Crippen molar-refractivity contribution in [3.63, 3.8) is 0 Å². The van der Waals surface area contributed by atoms with E-state index in [1.807, 2.05) is 0 Å². The number of hydrogen-bond acceptors (Lipinski definition) is 5. The topological polar surface area (TPSA) is 73.1 Å². The van der Waals surface area contributed by atoms with Gasteiger partial charge in [-0.1, -0.05) is 30.3 Å². The molecule has 7 heteroatoms. The maximum atomic E-state index is 13.9. The summed E-state index contributed by atoms with van der Waals surface area (Å²) in [6, 6.07) is 4.45. The lowest BCUT2D eigenvalue weighted by atomic mass is 10.2. The summed E-state index contributed by atoms with van der Waals surface area (Å²) in [5.74, 6) is 0.0486. The van der Waals surface area contributed by atoms with Crippen LogP contribution in [-0.2, 0) is 0 Å². The van der Waals surface area contributed by atoms with Gasteiger partial charge in [-0.05, 0) is 12.1 Å². The molecule has 2 aromatic rings. The minimum Gasteiger partial charge on any atom is -0.487 e. The molecule has 0 radical (unpaired) electrons. The van der Waals surface area contributed by atoms with Gasteiger partial charge in [-0.3, -0.25) is 0 Å². The number of rotatable bonds is 5. The molecule has 0 spiro atoms. The van der Waals surface area contributed by atoms with E-state index in [0.29, 0.717) is 5.75 Å². The van der Waals surface area contributed by atoms with Crippen molar-refractivity contribution in [3.05, 3.63) is 47.9 Å². The number of halogens is 2. The average Bonchev–Trinajstić information content (AvgIpc) is 2.43. The van der Waals surface area contributed by atoms with Crippen LogP contribution >= 0.6 is 11.6 Å². The molecule has 20 heavy (non-hydrogen) atoms. The summed E-state index contributed by atoms with van der Waals surface area (Å²) in [5.41, 5.74) is 5.60. The second kappa shape index (κ2) is 6.21. The lowest BCUT2D eigenvalue weighted by Gasteiger charge is -2.13. The van der Waals surface area contributed by atoms with Gasteiger partial charge < -0.3 is 15.8 Å². The van der Waals surface area contributed by atoms with E-state index < -0.39 is 5.82 Å². The molecule has 3 N–H and O–H groups in total. The Kier molecular flexibility index (Phi) is 4.37. The Morgan fingerprint density at radius 2 is 2.30 bits per heavy atom. The van der Waals surface area contributed by atoms with E-state index >= 15 is 0 Å². The minimum atomic E-state index is -0.500. The first-order chi connectivity index (χ1) is 9.61. The quantitative estimate of drug-likeness (QED) is 0.829. The maximum Gasteiger partial charge on any atom is 0.222 e. The monoisotopic (exact) mass is 294 g/mol. The highest BCUT2D eigenvalue weighted by molar-refractivity contribution is 6.32. The van der Waals surface area contributed by atoms with Gasteiger partial charge in [-0.25, -0.2) is 9.37 Å². The third-order valence-corrected chi connectivity index (χ3v) is 2.61. The zero-order chi connectivity index (χ0) is 14.5. The number of ether oxygens (including phenoxy) is 1. The van der Waals surface area contributed by atoms with Gasteiger partial charge in [0.05, 0.1) is 6.20 Å². The predicted molar refractivity (Wildman–Crippen MR) is 76.8 cm³/mol. The fraction of sp³-hybridized carbons (Fsp3) is 0.0769. The highest BCUT2D eigenvalue weighted by Gasteiger charge is 2.13. The third-order valence-electron chi connectivity index (χ3n) is 2.34. The van der Waals surface area contributed by atoms with Gasteiger partial charge in [0.25, 0.3) is 0 Å². The lowest BCUT2D eigenvalue weighted by molar-refractivity contribution is 0.363. The molecular weight excluding hydrogens is 283 g/mol. The number of nitrogen functional groups attached to an aromatic ring is 1. The van der Waals surface area contributed by atoms with Crippen molar-refractivity contribution in [1.82, 2.24) is 9.97 Å². The molecule has 0 atom stereocenters. The minimum absolute atomic E-state index is 0.0294. The number of para-hydroxylation sites is 1. The van der Waals surface area contributed by atoms with Crippen molar-refractivity contribution in [1.29, 1.82) is 0 Å². The van der Waals surface area contributed by atoms with Crippen molar-refractivity contribution < 1.29 is 9.13 Å². The highest BCUT2D eigenvalue weighted by atomic mass is 35.5. The molecular formula is C13H12ClFN4O. The number of nitrogens with one attached hydrogen (secondary N) is 1. The van der Waals surface area contributed by atoms with Crippen LogP contribution in [0, 0.1) is 5.82 Å². The summed E-state index contributed by atoms with van der Waals surface area (Å²) >= 11 is 5.93. The number of hydrogen-bond donors (Lipinski definition) is 2. The Hall–Kier alpha value is -2.34. The first kappa shape index (κ1) is 14.1. The zero-order valence-electron chi connectivity index (χ0n) is 10.4. The Bertz CT molecular complexity index is 636. The molecule has 1 aromatic carbocycles. The molecule has 0 saturated heterocycles. The molecule has 0 aliphatic carbocycles. The second-order valence-corrected chi connectivity index (χ2v) is 4.17. The van der Waals surface area contributed by atoms with Crippen LogP contribution in [-0.4, -0.2) is 16.6 Å². The van der Waals surface area contributed by atoms with Crippen molar-refractivity contribution in [3.8, 4) is 5.75 Å². The van der Waals surface area contributed by atoms with Gasteiger partial charge in [-0.2, -0.15) is 4.98 Å². The summed E-state index contributed by atoms with van der Waals surface area (Å²) in [4.78, 5) is 7.64. The lowest BCUT2D eigenvalue weighted by Crippen LogP contribution is -2.04. The molecule has 104 valence electrons. The first-order valence-electron chi connectivity index (χ1n) is 5.69. The van der Waals surface area contributed by atoms with E-state index in [1.165, 1.54) is 18.3 Å². The van der Waals surface area contributed by atoms with Crippen molar-refractivity contribution in [2.75, 3.05) is 17.7 Å². The fourth-order valence-corrected chi connectivity index (χ4v) is 1.62. The van der Waals surface area contributed by atoms with Gasteiger partial charge >= 0.3 is 0 Å². The highest BCUT2D eigenvalue weighted by Crippen LogP contribution is 2.32. The fourth-order valence-electron chi connectivity index (χ4n) is 1.48. The van der Waals surface area contributed by atoms with Gasteiger partial charge in [0.2, 0.25) is 5.95 Å². The third kappa shape index (κ3) is 3.16. The van der Waals surface area contributed by atoms with Crippen LogP contribution in [0.1, 0.15) is 0 Å². The Balaban J connectivity index is 2.36. The van der Waals surface area contributed by atoms with Crippen molar-refractivity contribution in [2.24, 2.45) is 0 Å². The Morgan fingerprint density at radius 1 is 1.50 bits per heavy atom. The van der Waals surface area contributed by atoms with Crippen LogP contribution in [0.25, 0.3) is 0 Å². The van der Waals surface area contributed by atoms with Crippen LogP contribution in [0.2, 0.25) is 5.02 Å².